The third-order valence-electron chi connectivity index (χ3n) is 4.87. The van der Waals surface area contributed by atoms with Crippen molar-refractivity contribution < 1.29 is 9.59 Å². The van der Waals surface area contributed by atoms with Crippen molar-refractivity contribution >= 4 is 46.9 Å². The van der Waals surface area contributed by atoms with Gasteiger partial charge in [-0.2, -0.15) is 0 Å². The number of thioether (sulfide) groups is 1. The lowest BCUT2D eigenvalue weighted by molar-refractivity contribution is -0.119. The standard InChI is InChI=1S/C22H21Cl2N5O2S/c1-13(20(30)26-21(31)25-16-8-9-16)32-22-28-27-19(17-10-7-15(23)11-18(17)24)29(22)12-14-5-3-2-4-6-14/h2-7,10-11,13,16H,8-9,12H2,1H3,(H2,25,26,30,31). The number of halogens is 2. The fraction of sp³-hybridized carbons (Fsp3) is 0.273. The first kappa shape index (κ1) is 22.6. The van der Waals surface area contributed by atoms with Gasteiger partial charge in [0.2, 0.25) is 5.91 Å². The van der Waals surface area contributed by atoms with Crippen LogP contribution in [-0.2, 0) is 11.3 Å². The Bertz CT molecular complexity index is 1130. The molecule has 2 aromatic carbocycles. The molecule has 1 aliphatic rings. The van der Waals surface area contributed by atoms with Crippen LogP contribution in [0.1, 0.15) is 25.3 Å². The predicted octanol–water partition coefficient (Wildman–Crippen LogP) is 4.77. The third-order valence-corrected chi connectivity index (χ3v) is 6.50. The fourth-order valence-electron chi connectivity index (χ4n) is 3.03. The first-order valence-corrected chi connectivity index (χ1v) is 11.7. The Morgan fingerprint density at radius 1 is 1.16 bits per heavy atom. The SMILES string of the molecule is CC(Sc1nnc(-c2ccc(Cl)cc2Cl)n1Cc1ccccc1)C(=O)NC(=O)NC1CC1. The Kier molecular flexibility index (Phi) is 7.03. The van der Waals surface area contributed by atoms with E-state index in [0.29, 0.717) is 33.1 Å². The molecule has 1 unspecified atom stereocenters. The summed E-state index contributed by atoms with van der Waals surface area (Å²) in [6.45, 7) is 2.21. The number of carbonyl (C=O) groups is 2. The van der Waals surface area contributed by atoms with Crippen LogP contribution in [0.25, 0.3) is 11.4 Å². The highest BCUT2D eigenvalue weighted by Crippen LogP contribution is 2.33. The lowest BCUT2D eigenvalue weighted by Crippen LogP contribution is -2.43. The van der Waals surface area contributed by atoms with Crippen LogP contribution in [0.2, 0.25) is 10.0 Å². The minimum absolute atomic E-state index is 0.173. The highest BCUT2D eigenvalue weighted by molar-refractivity contribution is 8.00. The van der Waals surface area contributed by atoms with E-state index in [9.17, 15) is 9.59 Å². The highest BCUT2D eigenvalue weighted by Gasteiger charge is 2.26. The summed E-state index contributed by atoms with van der Waals surface area (Å²) in [5.74, 6) is 0.172. The Hall–Kier alpha value is -2.55. The molecule has 1 fully saturated rings. The summed E-state index contributed by atoms with van der Waals surface area (Å²) in [7, 11) is 0. The van der Waals surface area contributed by atoms with Crippen LogP contribution in [0.4, 0.5) is 4.79 Å². The number of aromatic nitrogens is 3. The maximum absolute atomic E-state index is 12.5. The number of rotatable bonds is 7. The van der Waals surface area contributed by atoms with Gasteiger partial charge in [0.05, 0.1) is 16.8 Å². The van der Waals surface area contributed by atoms with Crippen LogP contribution in [0, 0.1) is 0 Å². The van der Waals surface area contributed by atoms with Crippen molar-refractivity contribution in [3.05, 3.63) is 64.1 Å². The van der Waals surface area contributed by atoms with E-state index in [0.717, 1.165) is 18.4 Å². The summed E-state index contributed by atoms with van der Waals surface area (Å²) in [4.78, 5) is 24.4. The number of nitrogens with zero attached hydrogens (tertiary/aromatic N) is 3. The van der Waals surface area contributed by atoms with E-state index in [2.05, 4.69) is 20.8 Å². The maximum Gasteiger partial charge on any atom is 0.321 e. The van der Waals surface area contributed by atoms with Crippen molar-refractivity contribution in [2.75, 3.05) is 0 Å². The van der Waals surface area contributed by atoms with E-state index in [1.165, 1.54) is 11.8 Å². The second-order valence-corrected chi connectivity index (χ2v) is 9.65. The topological polar surface area (TPSA) is 88.9 Å². The molecule has 0 saturated heterocycles. The molecule has 0 radical (unpaired) electrons. The quantitative estimate of drug-likeness (QED) is 0.466. The molecule has 166 valence electrons. The number of benzene rings is 2. The Morgan fingerprint density at radius 2 is 1.91 bits per heavy atom. The van der Waals surface area contributed by atoms with Gasteiger partial charge in [-0.15, -0.1) is 10.2 Å². The minimum atomic E-state index is -0.563. The number of nitrogens with one attached hydrogen (secondary N) is 2. The summed E-state index contributed by atoms with van der Waals surface area (Å²) in [5.41, 5.74) is 1.73. The summed E-state index contributed by atoms with van der Waals surface area (Å²) in [6, 6.07) is 14.7. The van der Waals surface area contributed by atoms with Gasteiger partial charge in [0.25, 0.3) is 0 Å². The molecule has 1 aliphatic carbocycles. The molecule has 1 saturated carbocycles. The summed E-state index contributed by atoms with van der Waals surface area (Å²) in [6.07, 6.45) is 1.90. The van der Waals surface area contributed by atoms with E-state index >= 15 is 0 Å². The van der Waals surface area contributed by atoms with Crippen molar-refractivity contribution in [1.82, 2.24) is 25.4 Å². The molecule has 1 atom stereocenters. The van der Waals surface area contributed by atoms with E-state index in [1.54, 1.807) is 25.1 Å². The third kappa shape index (κ3) is 5.62. The molecule has 3 aromatic rings. The van der Waals surface area contributed by atoms with E-state index in [4.69, 9.17) is 23.2 Å². The number of hydrogen-bond acceptors (Lipinski definition) is 5. The molecule has 1 heterocycles. The van der Waals surface area contributed by atoms with Crippen LogP contribution < -0.4 is 10.6 Å². The number of urea groups is 1. The van der Waals surface area contributed by atoms with Crippen LogP contribution in [-0.4, -0.2) is 38.0 Å². The number of imide groups is 1. The maximum atomic E-state index is 12.5. The smallest absolute Gasteiger partial charge is 0.321 e. The van der Waals surface area contributed by atoms with Crippen LogP contribution in [0.3, 0.4) is 0 Å². The monoisotopic (exact) mass is 489 g/mol. The lowest BCUT2D eigenvalue weighted by atomic mass is 10.2. The zero-order valence-electron chi connectivity index (χ0n) is 17.2. The normalized spacial score (nSPS) is 14.1. The first-order chi connectivity index (χ1) is 15.4. The van der Waals surface area contributed by atoms with Gasteiger partial charge in [0, 0.05) is 16.6 Å². The largest absolute Gasteiger partial charge is 0.335 e. The molecule has 0 spiro atoms. The molecular weight excluding hydrogens is 469 g/mol. The van der Waals surface area contributed by atoms with Gasteiger partial charge in [-0.05, 0) is 43.5 Å². The van der Waals surface area contributed by atoms with Gasteiger partial charge < -0.3 is 5.32 Å². The van der Waals surface area contributed by atoms with Crippen LogP contribution in [0.5, 0.6) is 0 Å². The van der Waals surface area contributed by atoms with Gasteiger partial charge in [-0.25, -0.2) is 4.79 Å². The average molecular weight is 490 g/mol. The van der Waals surface area contributed by atoms with Crippen molar-refractivity contribution in [2.24, 2.45) is 0 Å². The molecule has 2 N–H and O–H groups in total. The lowest BCUT2D eigenvalue weighted by Gasteiger charge is -2.14. The Labute approximate surface area is 199 Å². The molecular formula is C22H21Cl2N5O2S. The zero-order chi connectivity index (χ0) is 22.7. The first-order valence-electron chi connectivity index (χ1n) is 10.1. The molecule has 7 nitrogen and oxygen atoms in total. The second-order valence-electron chi connectivity index (χ2n) is 7.50. The van der Waals surface area contributed by atoms with Crippen molar-refractivity contribution in [1.29, 1.82) is 0 Å². The minimum Gasteiger partial charge on any atom is -0.335 e. The average Bonchev–Trinajstić information content (AvgIpc) is 3.49. The number of carbonyl (C=O) groups excluding carboxylic acids is 2. The number of amides is 3. The van der Waals surface area contributed by atoms with E-state index in [-0.39, 0.29) is 6.04 Å². The molecule has 3 amide bonds. The zero-order valence-corrected chi connectivity index (χ0v) is 19.5. The van der Waals surface area contributed by atoms with Gasteiger partial charge in [-0.3, -0.25) is 14.7 Å². The fourth-order valence-corrected chi connectivity index (χ4v) is 4.37. The Morgan fingerprint density at radius 3 is 2.59 bits per heavy atom. The Balaban J connectivity index is 1.58. The molecule has 0 bridgehead atoms. The van der Waals surface area contributed by atoms with Gasteiger partial charge in [0.15, 0.2) is 11.0 Å². The van der Waals surface area contributed by atoms with E-state index < -0.39 is 17.2 Å². The summed E-state index contributed by atoms with van der Waals surface area (Å²) < 4.78 is 1.91. The number of hydrogen-bond donors (Lipinski definition) is 2. The van der Waals surface area contributed by atoms with Gasteiger partial charge in [0.1, 0.15) is 0 Å². The van der Waals surface area contributed by atoms with E-state index in [1.807, 2.05) is 34.9 Å². The molecule has 10 heteroatoms. The van der Waals surface area contributed by atoms with Crippen LogP contribution >= 0.6 is 35.0 Å². The van der Waals surface area contributed by atoms with Gasteiger partial charge in [-0.1, -0.05) is 65.3 Å². The second kappa shape index (κ2) is 9.94. The molecule has 1 aromatic heterocycles. The van der Waals surface area contributed by atoms with Crippen molar-refractivity contribution in [3.63, 3.8) is 0 Å². The predicted molar refractivity (Wildman–Crippen MR) is 126 cm³/mol. The molecule has 0 aliphatic heterocycles. The summed E-state index contributed by atoms with van der Waals surface area (Å²) in [5, 5.41) is 14.8. The molecule has 4 rings (SSSR count). The highest BCUT2D eigenvalue weighted by atomic mass is 35.5. The van der Waals surface area contributed by atoms with Crippen molar-refractivity contribution in [2.45, 2.75) is 42.8 Å². The summed E-state index contributed by atoms with van der Waals surface area (Å²) >= 11 is 13.7. The van der Waals surface area contributed by atoms with Gasteiger partial charge >= 0.3 is 6.03 Å². The van der Waals surface area contributed by atoms with Crippen molar-refractivity contribution in [3.8, 4) is 11.4 Å². The molecule has 32 heavy (non-hydrogen) atoms. The van der Waals surface area contributed by atoms with Crippen LogP contribution in [0.15, 0.2) is 53.7 Å².